The SMILES string of the molecule is CCCCCCOc1c(OCC)cc(O)c2ccccc12. The van der Waals surface area contributed by atoms with E-state index < -0.39 is 0 Å². The molecule has 0 saturated carbocycles. The van der Waals surface area contributed by atoms with Crippen molar-refractivity contribution >= 4 is 10.8 Å². The second-order valence-corrected chi connectivity index (χ2v) is 5.11. The first-order valence-corrected chi connectivity index (χ1v) is 7.78. The fraction of sp³-hybridized carbons (Fsp3) is 0.444. The first kappa shape index (κ1) is 15.5. The van der Waals surface area contributed by atoms with Crippen LogP contribution in [-0.4, -0.2) is 18.3 Å². The first-order valence-electron chi connectivity index (χ1n) is 7.78. The summed E-state index contributed by atoms with van der Waals surface area (Å²) >= 11 is 0. The van der Waals surface area contributed by atoms with Crippen LogP contribution in [0.3, 0.4) is 0 Å². The minimum atomic E-state index is 0.229. The smallest absolute Gasteiger partial charge is 0.169 e. The van der Waals surface area contributed by atoms with Gasteiger partial charge >= 0.3 is 0 Å². The molecule has 2 aromatic rings. The fourth-order valence-corrected chi connectivity index (χ4v) is 2.42. The minimum absolute atomic E-state index is 0.229. The van der Waals surface area contributed by atoms with Crippen molar-refractivity contribution in [2.24, 2.45) is 0 Å². The molecule has 2 rings (SSSR count). The van der Waals surface area contributed by atoms with E-state index in [1.807, 2.05) is 31.2 Å². The molecule has 0 heterocycles. The van der Waals surface area contributed by atoms with Crippen molar-refractivity contribution in [1.29, 1.82) is 0 Å². The van der Waals surface area contributed by atoms with Gasteiger partial charge in [0, 0.05) is 16.8 Å². The zero-order chi connectivity index (χ0) is 15.1. The second kappa shape index (κ2) is 7.77. The summed E-state index contributed by atoms with van der Waals surface area (Å²) in [5, 5.41) is 11.8. The number of fused-ring (bicyclic) bond motifs is 1. The lowest BCUT2D eigenvalue weighted by atomic mass is 10.1. The van der Waals surface area contributed by atoms with E-state index in [1.165, 1.54) is 19.3 Å². The minimum Gasteiger partial charge on any atom is -0.507 e. The van der Waals surface area contributed by atoms with Crippen LogP contribution in [0.15, 0.2) is 30.3 Å². The van der Waals surface area contributed by atoms with E-state index in [0.29, 0.717) is 19.0 Å². The van der Waals surface area contributed by atoms with Crippen LogP contribution in [0.5, 0.6) is 17.2 Å². The number of unbranched alkanes of at least 4 members (excludes halogenated alkanes) is 3. The van der Waals surface area contributed by atoms with Gasteiger partial charge in [0.15, 0.2) is 11.5 Å². The molecule has 3 heteroatoms. The van der Waals surface area contributed by atoms with Crippen molar-refractivity contribution in [2.75, 3.05) is 13.2 Å². The van der Waals surface area contributed by atoms with E-state index in [4.69, 9.17) is 9.47 Å². The van der Waals surface area contributed by atoms with Gasteiger partial charge in [-0.1, -0.05) is 50.5 Å². The lowest BCUT2D eigenvalue weighted by Crippen LogP contribution is -2.02. The summed E-state index contributed by atoms with van der Waals surface area (Å²) in [7, 11) is 0. The molecule has 0 aliphatic rings. The van der Waals surface area contributed by atoms with Crippen molar-refractivity contribution < 1.29 is 14.6 Å². The topological polar surface area (TPSA) is 38.7 Å². The number of aromatic hydroxyl groups is 1. The molecule has 2 aromatic carbocycles. The maximum atomic E-state index is 10.1. The monoisotopic (exact) mass is 288 g/mol. The van der Waals surface area contributed by atoms with Crippen molar-refractivity contribution in [3.05, 3.63) is 30.3 Å². The molecular formula is C18H24O3. The summed E-state index contributed by atoms with van der Waals surface area (Å²) in [6, 6.07) is 9.35. The van der Waals surface area contributed by atoms with Crippen molar-refractivity contribution in [2.45, 2.75) is 39.5 Å². The predicted molar refractivity (Wildman–Crippen MR) is 86.4 cm³/mol. The molecule has 0 atom stereocenters. The Labute approximate surface area is 126 Å². The third kappa shape index (κ3) is 3.81. The summed E-state index contributed by atoms with van der Waals surface area (Å²) in [6.45, 7) is 5.34. The molecule has 114 valence electrons. The van der Waals surface area contributed by atoms with Crippen LogP contribution in [0, 0.1) is 0 Å². The number of hydrogen-bond donors (Lipinski definition) is 1. The van der Waals surface area contributed by atoms with Crippen LogP contribution >= 0.6 is 0 Å². The van der Waals surface area contributed by atoms with Crippen molar-refractivity contribution in [1.82, 2.24) is 0 Å². The second-order valence-electron chi connectivity index (χ2n) is 5.11. The van der Waals surface area contributed by atoms with Crippen molar-refractivity contribution in [3.8, 4) is 17.2 Å². The van der Waals surface area contributed by atoms with Gasteiger partial charge in [-0.25, -0.2) is 0 Å². The van der Waals surface area contributed by atoms with Crippen LogP contribution < -0.4 is 9.47 Å². The van der Waals surface area contributed by atoms with Crippen LogP contribution in [0.1, 0.15) is 39.5 Å². The molecule has 3 nitrogen and oxygen atoms in total. The molecule has 1 N–H and O–H groups in total. The Morgan fingerprint density at radius 1 is 0.952 bits per heavy atom. The van der Waals surface area contributed by atoms with E-state index in [-0.39, 0.29) is 5.75 Å². The summed E-state index contributed by atoms with van der Waals surface area (Å²) in [5.74, 6) is 1.58. The maximum absolute atomic E-state index is 10.1. The number of phenols is 1. The van der Waals surface area contributed by atoms with Gasteiger partial charge in [-0.15, -0.1) is 0 Å². The van der Waals surface area contributed by atoms with E-state index in [1.54, 1.807) is 6.07 Å². The highest BCUT2D eigenvalue weighted by Gasteiger charge is 2.13. The lowest BCUT2D eigenvalue weighted by Gasteiger charge is -2.15. The Bertz CT molecular complexity index is 578. The Hall–Kier alpha value is -1.90. The average Bonchev–Trinajstić information content (AvgIpc) is 2.50. The number of rotatable bonds is 8. The molecule has 0 fully saturated rings. The van der Waals surface area contributed by atoms with Gasteiger partial charge in [-0.3, -0.25) is 0 Å². The zero-order valence-electron chi connectivity index (χ0n) is 12.9. The summed E-state index contributed by atoms with van der Waals surface area (Å²) in [4.78, 5) is 0. The third-order valence-electron chi connectivity index (χ3n) is 3.48. The first-order chi connectivity index (χ1) is 10.3. The molecule has 0 bridgehead atoms. The van der Waals surface area contributed by atoms with Gasteiger partial charge in [-0.2, -0.15) is 0 Å². The standard InChI is InChI=1S/C18H24O3/c1-3-5-6-9-12-21-18-15-11-8-7-10-14(15)16(19)13-17(18)20-4-2/h7-8,10-11,13,19H,3-6,9,12H2,1-2H3. The highest BCUT2D eigenvalue weighted by Crippen LogP contribution is 2.41. The summed E-state index contributed by atoms with van der Waals surface area (Å²) in [5.41, 5.74) is 0. The van der Waals surface area contributed by atoms with Crippen LogP contribution in [-0.2, 0) is 0 Å². The fourth-order valence-electron chi connectivity index (χ4n) is 2.42. The summed E-state index contributed by atoms with van der Waals surface area (Å²) in [6.07, 6.45) is 4.66. The van der Waals surface area contributed by atoms with E-state index in [0.717, 1.165) is 22.9 Å². The van der Waals surface area contributed by atoms with Crippen molar-refractivity contribution in [3.63, 3.8) is 0 Å². The molecule has 0 aliphatic heterocycles. The molecule has 0 radical (unpaired) electrons. The van der Waals surface area contributed by atoms with Crippen LogP contribution in [0.2, 0.25) is 0 Å². The van der Waals surface area contributed by atoms with Gasteiger partial charge in [0.1, 0.15) is 5.75 Å². The summed E-state index contributed by atoms with van der Waals surface area (Å²) < 4.78 is 11.6. The normalized spacial score (nSPS) is 10.8. The number of hydrogen-bond acceptors (Lipinski definition) is 3. The molecule has 0 unspecified atom stereocenters. The number of benzene rings is 2. The predicted octanol–water partition coefficient (Wildman–Crippen LogP) is 4.90. The molecule has 0 saturated heterocycles. The van der Waals surface area contributed by atoms with Gasteiger partial charge in [0.25, 0.3) is 0 Å². The maximum Gasteiger partial charge on any atom is 0.169 e. The van der Waals surface area contributed by atoms with E-state index in [2.05, 4.69) is 6.92 Å². The molecule has 21 heavy (non-hydrogen) atoms. The van der Waals surface area contributed by atoms with Gasteiger partial charge in [-0.05, 0) is 13.3 Å². The van der Waals surface area contributed by atoms with Gasteiger partial charge < -0.3 is 14.6 Å². The van der Waals surface area contributed by atoms with E-state index in [9.17, 15) is 5.11 Å². The molecule has 0 aliphatic carbocycles. The zero-order valence-corrected chi connectivity index (χ0v) is 12.9. The van der Waals surface area contributed by atoms with Crippen LogP contribution in [0.4, 0.5) is 0 Å². The van der Waals surface area contributed by atoms with Gasteiger partial charge in [0.05, 0.1) is 13.2 Å². The highest BCUT2D eigenvalue weighted by molar-refractivity contribution is 5.95. The van der Waals surface area contributed by atoms with E-state index >= 15 is 0 Å². The number of phenolic OH excluding ortho intramolecular Hbond substituents is 1. The lowest BCUT2D eigenvalue weighted by molar-refractivity contribution is 0.272. The average molecular weight is 288 g/mol. The highest BCUT2D eigenvalue weighted by atomic mass is 16.5. The molecule has 0 aromatic heterocycles. The number of ether oxygens (including phenoxy) is 2. The Morgan fingerprint density at radius 3 is 2.43 bits per heavy atom. The Kier molecular flexibility index (Phi) is 5.73. The largest absolute Gasteiger partial charge is 0.507 e. The third-order valence-corrected chi connectivity index (χ3v) is 3.48. The Morgan fingerprint density at radius 2 is 1.71 bits per heavy atom. The van der Waals surface area contributed by atoms with Gasteiger partial charge in [0.2, 0.25) is 0 Å². The van der Waals surface area contributed by atoms with Crippen LogP contribution in [0.25, 0.3) is 10.8 Å². The molecule has 0 spiro atoms. The Balaban J connectivity index is 2.25. The quantitative estimate of drug-likeness (QED) is 0.702. The molecular weight excluding hydrogens is 264 g/mol. The molecule has 0 amide bonds.